The minimum Gasteiger partial charge on any atom is -0.294 e. The summed E-state index contributed by atoms with van der Waals surface area (Å²) < 4.78 is 0.876. The zero-order valence-electron chi connectivity index (χ0n) is 10.6. The highest BCUT2D eigenvalue weighted by Crippen LogP contribution is 2.33. The van der Waals surface area contributed by atoms with E-state index in [1.165, 1.54) is 19.3 Å². The number of hydrogen-bond acceptors (Lipinski definition) is 1. The lowest BCUT2D eigenvalue weighted by atomic mass is 9.78. The van der Waals surface area contributed by atoms with Crippen LogP contribution in [0, 0.1) is 11.8 Å². The van der Waals surface area contributed by atoms with Crippen LogP contribution in [-0.4, -0.2) is 5.78 Å². The molecule has 0 radical (unpaired) electrons. The molecule has 1 aliphatic rings. The van der Waals surface area contributed by atoms with E-state index in [1.54, 1.807) is 6.07 Å². The molecule has 2 rings (SSSR count). The van der Waals surface area contributed by atoms with E-state index in [9.17, 15) is 4.79 Å². The molecule has 0 aliphatic heterocycles. The van der Waals surface area contributed by atoms with Gasteiger partial charge in [-0.2, -0.15) is 0 Å². The third-order valence-corrected chi connectivity index (χ3v) is 4.62. The molecule has 0 N–H and O–H groups in total. The van der Waals surface area contributed by atoms with Crippen LogP contribution in [0.25, 0.3) is 0 Å². The van der Waals surface area contributed by atoms with Crippen molar-refractivity contribution in [1.82, 2.24) is 0 Å². The molecule has 1 saturated carbocycles. The van der Waals surface area contributed by atoms with Gasteiger partial charge < -0.3 is 0 Å². The topological polar surface area (TPSA) is 17.1 Å². The number of Topliss-reactive ketones (excluding diaryl/α,β-unsaturated/α-hetero) is 1. The van der Waals surface area contributed by atoms with Gasteiger partial charge in [0, 0.05) is 21.0 Å². The van der Waals surface area contributed by atoms with E-state index in [-0.39, 0.29) is 11.7 Å². The zero-order valence-corrected chi connectivity index (χ0v) is 12.9. The highest BCUT2D eigenvalue weighted by molar-refractivity contribution is 9.10. The fourth-order valence-electron chi connectivity index (χ4n) is 2.76. The van der Waals surface area contributed by atoms with E-state index in [4.69, 9.17) is 11.6 Å². The van der Waals surface area contributed by atoms with E-state index in [0.717, 1.165) is 28.8 Å². The Bertz CT molecular complexity index is 416. The lowest BCUT2D eigenvalue weighted by molar-refractivity contribution is 0.0871. The Hall–Kier alpha value is -0.340. The Labute approximate surface area is 122 Å². The Kier molecular flexibility index (Phi) is 4.85. The van der Waals surface area contributed by atoms with Crippen molar-refractivity contribution in [2.45, 2.75) is 39.0 Å². The monoisotopic (exact) mass is 328 g/mol. The largest absolute Gasteiger partial charge is 0.294 e. The molecule has 1 nitrogen and oxygen atoms in total. The molecule has 0 atom stereocenters. The first-order chi connectivity index (χ1) is 8.60. The standard InChI is InChI=1S/C15H18BrClO/c1-2-10-3-5-11(6-4-10)15(18)12-7-13(16)9-14(17)8-12/h7-11H,2-6H2,1H3. The van der Waals surface area contributed by atoms with Crippen molar-refractivity contribution in [2.75, 3.05) is 0 Å². The van der Waals surface area contributed by atoms with Gasteiger partial charge >= 0.3 is 0 Å². The summed E-state index contributed by atoms with van der Waals surface area (Å²) in [5.41, 5.74) is 0.745. The molecule has 0 bridgehead atoms. The summed E-state index contributed by atoms with van der Waals surface area (Å²) in [5, 5.41) is 0.620. The van der Waals surface area contributed by atoms with Crippen LogP contribution in [0.5, 0.6) is 0 Å². The summed E-state index contributed by atoms with van der Waals surface area (Å²) in [4.78, 5) is 12.4. The van der Waals surface area contributed by atoms with E-state index >= 15 is 0 Å². The highest BCUT2D eigenvalue weighted by Gasteiger charge is 2.26. The molecule has 0 aromatic heterocycles. The maximum absolute atomic E-state index is 12.4. The predicted molar refractivity (Wildman–Crippen MR) is 79.2 cm³/mol. The first-order valence-electron chi connectivity index (χ1n) is 6.60. The van der Waals surface area contributed by atoms with Gasteiger partial charge in [-0.1, -0.05) is 40.9 Å². The van der Waals surface area contributed by atoms with Gasteiger partial charge in [-0.25, -0.2) is 0 Å². The van der Waals surface area contributed by atoms with Gasteiger partial charge in [0.25, 0.3) is 0 Å². The number of carbonyl (C=O) groups excluding carboxylic acids is 1. The second-order valence-corrected chi connectivity index (χ2v) is 6.50. The van der Waals surface area contributed by atoms with Crippen LogP contribution in [0.15, 0.2) is 22.7 Å². The van der Waals surface area contributed by atoms with E-state index in [1.807, 2.05) is 12.1 Å². The van der Waals surface area contributed by atoms with Gasteiger partial charge in [-0.15, -0.1) is 0 Å². The maximum atomic E-state index is 12.4. The Morgan fingerprint density at radius 3 is 2.50 bits per heavy atom. The summed E-state index contributed by atoms with van der Waals surface area (Å²) >= 11 is 9.39. The van der Waals surface area contributed by atoms with Crippen molar-refractivity contribution in [1.29, 1.82) is 0 Å². The Balaban J connectivity index is 2.07. The van der Waals surface area contributed by atoms with Gasteiger partial charge in [-0.3, -0.25) is 4.79 Å². The van der Waals surface area contributed by atoms with Gasteiger partial charge in [0.15, 0.2) is 5.78 Å². The number of hydrogen-bond donors (Lipinski definition) is 0. The first-order valence-corrected chi connectivity index (χ1v) is 7.77. The lowest BCUT2D eigenvalue weighted by Crippen LogP contribution is -2.21. The van der Waals surface area contributed by atoms with Crippen molar-refractivity contribution in [3.63, 3.8) is 0 Å². The van der Waals surface area contributed by atoms with E-state index in [0.29, 0.717) is 5.02 Å². The minimum absolute atomic E-state index is 0.193. The zero-order chi connectivity index (χ0) is 13.1. The molecule has 18 heavy (non-hydrogen) atoms. The third-order valence-electron chi connectivity index (χ3n) is 3.94. The van der Waals surface area contributed by atoms with Crippen molar-refractivity contribution >= 4 is 33.3 Å². The van der Waals surface area contributed by atoms with Crippen LogP contribution < -0.4 is 0 Å². The minimum atomic E-state index is 0.193. The van der Waals surface area contributed by atoms with Crippen LogP contribution in [0.2, 0.25) is 5.02 Å². The summed E-state index contributed by atoms with van der Waals surface area (Å²) in [6.45, 7) is 2.24. The number of rotatable bonds is 3. The maximum Gasteiger partial charge on any atom is 0.166 e. The van der Waals surface area contributed by atoms with Crippen molar-refractivity contribution in [3.8, 4) is 0 Å². The summed E-state index contributed by atoms with van der Waals surface area (Å²) in [5.74, 6) is 1.27. The van der Waals surface area contributed by atoms with Gasteiger partial charge in [0.1, 0.15) is 0 Å². The molecule has 3 heteroatoms. The first kappa shape index (κ1) is 14.1. The van der Waals surface area contributed by atoms with Crippen LogP contribution in [0.4, 0.5) is 0 Å². The van der Waals surface area contributed by atoms with Gasteiger partial charge in [0.2, 0.25) is 0 Å². The molecular weight excluding hydrogens is 312 g/mol. The smallest absolute Gasteiger partial charge is 0.166 e. The van der Waals surface area contributed by atoms with Crippen LogP contribution in [-0.2, 0) is 0 Å². The molecule has 1 fully saturated rings. The molecule has 1 aliphatic carbocycles. The van der Waals surface area contributed by atoms with Crippen molar-refractivity contribution in [2.24, 2.45) is 11.8 Å². The molecule has 0 unspecified atom stereocenters. The molecular formula is C15H18BrClO. The summed E-state index contributed by atoms with van der Waals surface area (Å²) in [6.07, 6.45) is 5.68. The molecule has 0 saturated heterocycles. The molecule has 0 heterocycles. The lowest BCUT2D eigenvalue weighted by Gasteiger charge is -2.26. The summed E-state index contributed by atoms with van der Waals surface area (Å²) in [7, 11) is 0. The Morgan fingerprint density at radius 2 is 1.94 bits per heavy atom. The average molecular weight is 330 g/mol. The number of benzene rings is 1. The van der Waals surface area contributed by atoms with Crippen molar-refractivity contribution < 1.29 is 4.79 Å². The van der Waals surface area contributed by atoms with Crippen molar-refractivity contribution in [3.05, 3.63) is 33.3 Å². The molecule has 98 valence electrons. The van der Waals surface area contributed by atoms with Crippen LogP contribution in [0.3, 0.4) is 0 Å². The fourth-order valence-corrected chi connectivity index (χ4v) is 3.62. The number of halogens is 2. The fraction of sp³-hybridized carbons (Fsp3) is 0.533. The molecule has 0 amide bonds. The number of ketones is 1. The quantitative estimate of drug-likeness (QED) is 0.669. The van der Waals surface area contributed by atoms with E-state index in [2.05, 4.69) is 22.9 Å². The van der Waals surface area contributed by atoms with E-state index < -0.39 is 0 Å². The third kappa shape index (κ3) is 3.36. The van der Waals surface area contributed by atoms with Gasteiger partial charge in [-0.05, 0) is 49.8 Å². The average Bonchev–Trinajstić information content (AvgIpc) is 2.37. The molecule has 1 aromatic rings. The van der Waals surface area contributed by atoms with Crippen LogP contribution in [0.1, 0.15) is 49.4 Å². The predicted octanol–water partition coefficient (Wildman–Crippen LogP) is 5.50. The second kappa shape index (κ2) is 6.21. The normalized spacial score (nSPS) is 23.9. The SMILES string of the molecule is CCC1CCC(C(=O)c2cc(Cl)cc(Br)c2)CC1. The highest BCUT2D eigenvalue weighted by atomic mass is 79.9. The number of carbonyl (C=O) groups is 1. The molecule has 1 aromatic carbocycles. The summed E-state index contributed by atoms with van der Waals surface area (Å²) in [6, 6.07) is 5.47. The second-order valence-electron chi connectivity index (χ2n) is 5.15. The van der Waals surface area contributed by atoms with Gasteiger partial charge in [0.05, 0.1) is 0 Å². The van der Waals surface area contributed by atoms with Crippen LogP contribution >= 0.6 is 27.5 Å². The molecule has 0 spiro atoms. The Morgan fingerprint density at radius 1 is 1.28 bits per heavy atom.